The van der Waals surface area contributed by atoms with Crippen LogP contribution < -0.4 is 0 Å². The van der Waals surface area contributed by atoms with E-state index in [2.05, 4.69) is 9.39 Å². The summed E-state index contributed by atoms with van der Waals surface area (Å²) in [4.78, 5) is 17.4. The van der Waals surface area contributed by atoms with Gasteiger partial charge in [0.1, 0.15) is 5.84 Å². The summed E-state index contributed by atoms with van der Waals surface area (Å²) in [6, 6.07) is 7.43. The monoisotopic (exact) mass is 390 g/mol. The molecule has 0 bridgehead atoms. The lowest BCUT2D eigenvalue weighted by Crippen LogP contribution is -2.46. The second-order valence-corrected chi connectivity index (χ2v) is 9.15. The van der Waals surface area contributed by atoms with E-state index in [0.29, 0.717) is 0 Å². The molecule has 1 aromatic rings. The van der Waals surface area contributed by atoms with Crippen LogP contribution in [0.3, 0.4) is 0 Å². The topological polar surface area (TPSA) is 103 Å². The first-order chi connectivity index (χ1) is 12.2. The molecule has 0 atom stereocenters. The van der Waals surface area contributed by atoms with Crippen molar-refractivity contribution in [1.82, 2.24) is 4.90 Å². The van der Waals surface area contributed by atoms with Gasteiger partial charge in [0.05, 0.1) is 23.3 Å². The predicted molar refractivity (Wildman–Crippen MR) is 105 cm³/mol. The number of amidine groups is 3. The molecule has 7 nitrogen and oxygen atoms in total. The van der Waals surface area contributed by atoms with E-state index in [-0.39, 0.29) is 33.4 Å². The van der Waals surface area contributed by atoms with Gasteiger partial charge in [-0.2, -0.15) is 9.39 Å². The molecule has 2 aliphatic heterocycles. The fraction of sp³-hybridized carbons (Fsp3) is 0.294. The maximum Gasteiger partial charge on any atom is 0.283 e. The Morgan fingerprint density at radius 1 is 1.27 bits per heavy atom. The third kappa shape index (κ3) is 3.49. The van der Waals surface area contributed by atoms with Gasteiger partial charge in [-0.3, -0.25) is 10.2 Å². The maximum atomic E-state index is 12.6. The summed E-state index contributed by atoms with van der Waals surface area (Å²) >= 11 is 0.802. The third-order valence-corrected chi connectivity index (χ3v) is 6.47. The van der Waals surface area contributed by atoms with Gasteiger partial charge >= 0.3 is 0 Å². The standard InChI is InChI=1S/C17H18N4O3S2/c1-10(2)9-26(23,24)17-20-25-16-19-15(22)13(14(18)21(16)17)8-12-6-4-11(3)5-7-12/h4-8,10,18H,9H2,1-3H3/b13-8-,18-14?. The molecule has 0 spiro atoms. The highest BCUT2D eigenvalue weighted by Gasteiger charge is 2.42. The first-order valence-electron chi connectivity index (χ1n) is 7.97. The first kappa shape index (κ1) is 18.5. The van der Waals surface area contributed by atoms with Crippen molar-refractivity contribution in [1.29, 1.82) is 5.41 Å². The van der Waals surface area contributed by atoms with Crippen molar-refractivity contribution in [2.45, 2.75) is 20.8 Å². The van der Waals surface area contributed by atoms with Crippen LogP contribution in [-0.4, -0.2) is 41.1 Å². The molecule has 0 radical (unpaired) electrons. The van der Waals surface area contributed by atoms with Gasteiger partial charge < -0.3 is 0 Å². The summed E-state index contributed by atoms with van der Waals surface area (Å²) < 4.78 is 29.1. The summed E-state index contributed by atoms with van der Waals surface area (Å²) in [5.41, 5.74) is 1.84. The minimum absolute atomic E-state index is 0.0348. The average Bonchev–Trinajstić information content (AvgIpc) is 2.97. The lowest BCUT2D eigenvalue weighted by atomic mass is 10.1. The summed E-state index contributed by atoms with van der Waals surface area (Å²) in [6.07, 6.45) is 1.54. The Bertz CT molecular complexity index is 974. The Kier molecular flexibility index (Phi) is 4.85. The molecule has 1 amide bonds. The molecule has 9 heteroatoms. The highest BCUT2D eigenvalue weighted by atomic mass is 32.2. The molecule has 0 unspecified atom stereocenters. The minimum atomic E-state index is -3.69. The molecule has 2 heterocycles. The van der Waals surface area contributed by atoms with Gasteiger partial charge in [-0.15, -0.1) is 0 Å². The van der Waals surface area contributed by atoms with Crippen molar-refractivity contribution < 1.29 is 13.2 Å². The van der Waals surface area contributed by atoms with Crippen LogP contribution in [0.15, 0.2) is 39.2 Å². The zero-order valence-electron chi connectivity index (χ0n) is 14.6. The molecule has 2 aliphatic rings. The normalized spacial score (nSPS) is 19.1. The van der Waals surface area contributed by atoms with Crippen LogP contribution in [0.25, 0.3) is 6.08 Å². The molecule has 0 saturated carbocycles. The van der Waals surface area contributed by atoms with Gasteiger partial charge in [0.25, 0.3) is 5.91 Å². The molecule has 0 saturated heterocycles. The maximum absolute atomic E-state index is 12.6. The Labute approximate surface area is 156 Å². The second kappa shape index (κ2) is 6.81. The van der Waals surface area contributed by atoms with Crippen LogP contribution in [0.1, 0.15) is 25.0 Å². The number of amides is 1. The number of carbonyl (C=O) groups is 1. The average molecular weight is 390 g/mol. The van der Waals surface area contributed by atoms with Crippen molar-refractivity contribution in [3.8, 4) is 0 Å². The molecule has 1 aromatic carbocycles. The Morgan fingerprint density at radius 2 is 1.92 bits per heavy atom. The molecular weight excluding hydrogens is 372 g/mol. The Hall–Kier alpha value is -2.26. The van der Waals surface area contributed by atoms with Crippen LogP contribution in [-0.2, 0) is 14.6 Å². The van der Waals surface area contributed by atoms with Gasteiger partial charge in [-0.1, -0.05) is 43.7 Å². The summed E-state index contributed by atoms with van der Waals surface area (Å²) in [6.45, 7) is 5.54. The number of fused-ring (bicyclic) bond motifs is 1. The number of nitrogens with one attached hydrogen (secondary N) is 1. The fourth-order valence-electron chi connectivity index (χ4n) is 2.54. The number of benzene rings is 1. The largest absolute Gasteiger partial charge is 0.283 e. The first-order valence-corrected chi connectivity index (χ1v) is 10.4. The number of aliphatic imine (C=N–C) groups is 1. The van der Waals surface area contributed by atoms with Crippen LogP contribution in [0.2, 0.25) is 0 Å². The molecule has 0 fully saturated rings. The van der Waals surface area contributed by atoms with Gasteiger partial charge in [-0.25, -0.2) is 13.3 Å². The van der Waals surface area contributed by atoms with Crippen LogP contribution in [0.5, 0.6) is 0 Å². The number of rotatable bonds is 3. The molecule has 136 valence electrons. The number of hydrogen-bond acceptors (Lipinski definition) is 6. The molecule has 0 aromatic heterocycles. The van der Waals surface area contributed by atoms with E-state index >= 15 is 0 Å². The highest BCUT2D eigenvalue weighted by molar-refractivity contribution is 8.16. The fourth-order valence-corrected chi connectivity index (χ4v) is 5.27. The van der Waals surface area contributed by atoms with Gasteiger partial charge in [0.15, 0.2) is 0 Å². The highest BCUT2D eigenvalue weighted by Crippen LogP contribution is 2.30. The van der Waals surface area contributed by atoms with E-state index in [1.165, 1.54) is 0 Å². The van der Waals surface area contributed by atoms with Crippen molar-refractivity contribution >= 4 is 49.9 Å². The minimum Gasteiger partial charge on any atom is -0.283 e. The van der Waals surface area contributed by atoms with Gasteiger partial charge in [-0.05, 0) is 24.5 Å². The number of nitrogens with zero attached hydrogens (tertiary/aromatic N) is 3. The number of carbonyl (C=O) groups excluding carboxylic acids is 1. The van der Waals surface area contributed by atoms with Crippen molar-refractivity contribution in [2.24, 2.45) is 15.3 Å². The second-order valence-electron chi connectivity index (χ2n) is 6.49. The summed E-state index contributed by atoms with van der Waals surface area (Å²) in [7, 11) is -3.69. The quantitative estimate of drug-likeness (QED) is 0.631. The van der Waals surface area contributed by atoms with E-state index < -0.39 is 15.7 Å². The van der Waals surface area contributed by atoms with Gasteiger partial charge in [0.2, 0.25) is 20.2 Å². The molecular formula is C17H18N4O3S2. The van der Waals surface area contributed by atoms with Crippen LogP contribution >= 0.6 is 11.9 Å². The Balaban J connectivity index is 2.00. The van der Waals surface area contributed by atoms with E-state index in [0.717, 1.165) is 28.0 Å². The van der Waals surface area contributed by atoms with E-state index in [1.54, 1.807) is 19.9 Å². The SMILES string of the molecule is Cc1ccc(/C=C2/C(=N)N3C(=NC2=O)SN=C3S(=O)(=O)CC(C)C)cc1. The zero-order chi connectivity index (χ0) is 19.1. The van der Waals surface area contributed by atoms with E-state index in [1.807, 2.05) is 31.2 Å². The summed E-state index contributed by atoms with van der Waals surface area (Å²) in [5.74, 6) is -0.977. The van der Waals surface area contributed by atoms with E-state index in [9.17, 15) is 13.2 Å². The van der Waals surface area contributed by atoms with Gasteiger partial charge in [0, 0.05) is 0 Å². The molecule has 26 heavy (non-hydrogen) atoms. The van der Waals surface area contributed by atoms with Crippen molar-refractivity contribution in [2.75, 3.05) is 5.75 Å². The van der Waals surface area contributed by atoms with Crippen LogP contribution in [0.4, 0.5) is 0 Å². The lowest BCUT2D eigenvalue weighted by molar-refractivity contribution is -0.114. The molecule has 3 rings (SSSR count). The molecule has 1 N–H and O–H groups in total. The number of aryl methyl sites for hydroxylation is 1. The van der Waals surface area contributed by atoms with Crippen molar-refractivity contribution in [3.63, 3.8) is 0 Å². The predicted octanol–water partition coefficient (Wildman–Crippen LogP) is 2.64. The third-order valence-electron chi connectivity index (χ3n) is 3.71. The summed E-state index contributed by atoms with van der Waals surface area (Å²) in [5, 5.41) is 8.25. The van der Waals surface area contributed by atoms with Crippen molar-refractivity contribution in [3.05, 3.63) is 41.0 Å². The smallest absolute Gasteiger partial charge is 0.283 e. The lowest BCUT2D eigenvalue weighted by Gasteiger charge is -2.24. The number of hydrogen-bond donors (Lipinski definition) is 1. The Morgan fingerprint density at radius 3 is 2.54 bits per heavy atom. The molecule has 0 aliphatic carbocycles. The number of sulfone groups is 1. The van der Waals surface area contributed by atoms with E-state index in [4.69, 9.17) is 5.41 Å². The van der Waals surface area contributed by atoms with Crippen LogP contribution in [0, 0.1) is 18.3 Å². The zero-order valence-corrected chi connectivity index (χ0v) is 16.2.